The van der Waals surface area contributed by atoms with Crippen LogP contribution in [0, 0.1) is 5.41 Å². The maximum atomic E-state index is 6.26. The second kappa shape index (κ2) is 6.61. The predicted molar refractivity (Wildman–Crippen MR) is 109 cm³/mol. The first-order valence-electron chi connectivity index (χ1n) is 8.48. The van der Waals surface area contributed by atoms with Crippen LogP contribution >= 0.6 is 11.6 Å². The molecule has 1 aliphatic rings. The minimum absolute atomic E-state index is 0.159. The summed E-state index contributed by atoms with van der Waals surface area (Å²) in [5, 5.41) is 0.708. The van der Waals surface area contributed by atoms with Gasteiger partial charge in [-0.05, 0) is 32.0 Å². The fraction of sp³-hybridized carbons (Fsp3) is 0.273. The van der Waals surface area contributed by atoms with E-state index in [4.69, 9.17) is 21.6 Å². The van der Waals surface area contributed by atoms with Crippen molar-refractivity contribution in [3.63, 3.8) is 0 Å². The molecule has 0 saturated heterocycles. The van der Waals surface area contributed by atoms with E-state index in [2.05, 4.69) is 58.9 Å². The zero-order chi connectivity index (χ0) is 18.2. The number of para-hydroxylation sites is 1. The number of benzene rings is 2. The van der Waals surface area contributed by atoms with Gasteiger partial charge in [0.1, 0.15) is 5.84 Å². The van der Waals surface area contributed by atoms with E-state index in [1.807, 2.05) is 24.3 Å². The van der Waals surface area contributed by atoms with Gasteiger partial charge in [0.05, 0.1) is 11.4 Å². The fourth-order valence-corrected chi connectivity index (χ4v) is 3.09. The van der Waals surface area contributed by atoms with Crippen LogP contribution in [0.1, 0.15) is 45.7 Å². The molecule has 3 heteroatoms. The number of halogens is 1. The maximum absolute atomic E-state index is 6.26. The topological polar surface area (TPSA) is 24.7 Å². The molecular weight excluding hydrogens is 328 g/mol. The minimum Gasteiger partial charge on any atom is -0.232 e. The van der Waals surface area contributed by atoms with E-state index in [1.165, 1.54) is 5.57 Å². The van der Waals surface area contributed by atoms with Crippen molar-refractivity contribution < 1.29 is 0 Å². The van der Waals surface area contributed by atoms with E-state index < -0.39 is 0 Å². The number of nitrogens with zero attached hydrogens (tertiary/aromatic N) is 2. The van der Waals surface area contributed by atoms with Gasteiger partial charge in [-0.25, -0.2) is 9.98 Å². The predicted octanol–water partition coefficient (Wildman–Crippen LogP) is 6.71. The van der Waals surface area contributed by atoms with E-state index in [0.29, 0.717) is 5.02 Å². The van der Waals surface area contributed by atoms with Crippen LogP contribution < -0.4 is 0 Å². The molecule has 2 nitrogen and oxygen atoms in total. The molecule has 25 heavy (non-hydrogen) atoms. The Labute approximate surface area is 155 Å². The molecule has 0 spiro atoms. The molecule has 128 valence electrons. The van der Waals surface area contributed by atoms with E-state index in [0.717, 1.165) is 33.9 Å². The third-order valence-corrected chi connectivity index (χ3v) is 4.36. The number of amidine groups is 1. The Morgan fingerprint density at radius 2 is 1.64 bits per heavy atom. The minimum atomic E-state index is -0.159. The Balaban J connectivity index is 2.37. The van der Waals surface area contributed by atoms with Crippen LogP contribution in [0.2, 0.25) is 5.02 Å². The zero-order valence-corrected chi connectivity index (χ0v) is 16.1. The summed E-state index contributed by atoms with van der Waals surface area (Å²) in [5.74, 6) is 0.825. The average Bonchev–Trinajstić information content (AvgIpc) is 2.71. The molecular formula is C22H23ClN2. The SMILES string of the molecule is CC(C)=C1C(c2cccc(Cl)c2)=NC(C(C)(C)C)=Nc2ccccc21. The Kier molecular flexibility index (Phi) is 4.66. The number of allylic oxidation sites excluding steroid dienone is 2. The summed E-state index contributed by atoms with van der Waals surface area (Å²) >= 11 is 6.26. The highest BCUT2D eigenvalue weighted by molar-refractivity contribution is 6.37. The highest BCUT2D eigenvalue weighted by Crippen LogP contribution is 2.36. The molecule has 0 bridgehead atoms. The number of hydrogen-bond acceptors (Lipinski definition) is 2. The second-order valence-electron chi connectivity index (χ2n) is 7.55. The van der Waals surface area contributed by atoms with Crippen molar-refractivity contribution in [2.24, 2.45) is 15.4 Å². The lowest BCUT2D eigenvalue weighted by Gasteiger charge is -2.18. The van der Waals surface area contributed by atoms with E-state index >= 15 is 0 Å². The van der Waals surface area contributed by atoms with Crippen LogP contribution in [0.25, 0.3) is 5.57 Å². The molecule has 2 aromatic rings. The summed E-state index contributed by atoms with van der Waals surface area (Å²) in [7, 11) is 0. The molecule has 2 aromatic carbocycles. The van der Waals surface area contributed by atoms with Gasteiger partial charge in [0.25, 0.3) is 0 Å². The van der Waals surface area contributed by atoms with Gasteiger partial charge in [-0.2, -0.15) is 0 Å². The van der Waals surface area contributed by atoms with Crippen molar-refractivity contribution in [3.05, 3.63) is 70.3 Å². The first-order valence-corrected chi connectivity index (χ1v) is 8.86. The molecule has 0 radical (unpaired) electrons. The molecule has 0 unspecified atom stereocenters. The molecule has 0 atom stereocenters. The standard InChI is InChI=1S/C22H23ClN2/c1-14(2)19-17-11-6-7-12-18(17)24-21(22(3,4)5)25-20(19)15-9-8-10-16(23)13-15/h6-13H,1-5H3. The quantitative estimate of drug-likeness (QED) is 0.545. The third kappa shape index (κ3) is 3.59. The van der Waals surface area contributed by atoms with E-state index in [1.54, 1.807) is 0 Å². The van der Waals surface area contributed by atoms with Crippen LogP contribution in [0.15, 0.2) is 64.1 Å². The Morgan fingerprint density at radius 1 is 0.920 bits per heavy atom. The average molecular weight is 351 g/mol. The highest BCUT2D eigenvalue weighted by atomic mass is 35.5. The molecule has 0 aromatic heterocycles. The lowest BCUT2D eigenvalue weighted by atomic mass is 9.91. The van der Waals surface area contributed by atoms with Gasteiger partial charge in [0, 0.05) is 27.1 Å². The summed E-state index contributed by atoms with van der Waals surface area (Å²) in [4.78, 5) is 9.93. The van der Waals surface area contributed by atoms with Gasteiger partial charge in [-0.3, -0.25) is 0 Å². The van der Waals surface area contributed by atoms with Crippen molar-refractivity contribution in [1.29, 1.82) is 0 Å². The Bertz CT molecular complexity index is 908. The highest BCUT2D eigenvalue weighted by Gasteiger charge is 2.26. The summed E-state index contributed by atoms with van der Waals surface area (Å²) in [5.41, 5.74) is 6.19. The monoisotopic (exact) mass is 350 g/mol. The molecule has 0 amide bonds. The summed E-state index contributed by atoms with van der Waals surface area (Å²) in [6.45, 7) is 10.7. The summed E-state index contributed by atoms with van der Waals surface area (Å²) in [6, 6.07) is 16.1. The van der Waals surface area contributed by atoms with E-state index in [9.17, 15) is 0 Å². The number of aliphatic imine (C=N–C) groups is 2. The van der Waals surface area contributed by atoms with Crippen LogP contribution in [-0.4, -0.2) is 11.5 Å². The van der Waals surface area contributed by atoms with Crippen LogP contribution in [0.5, 0.6) is 0 Å². The molecule has 0 aliphatic carbocycles. The van der Waals surface area contributed by atoms with Gasteiger partial charge < -0.3 is 0 Å². The van der Waals surface area contributed by atoms with Crippen molar-refractivity contribution in [3.8, 4) is 0 Å². The lowest BCUT2D eigenvalue weighted by molar-refractivity contribution is 0.586. The van der Waals surface area contributed by atoms with Gasteiger partial charge in [-0.1, -0.05) is 68.3 Å². The van der Waals surface area contributed by atoms with Crippen LogP contribution in [0.4, 0.5) is 5.69 Å². The number of hydrogen-bond donors (Lipinski definition) is 0. The van der Waals surface area contributed by atoms with Crippen molar-refractivity contribution in [2.45, 2.75) is 34.6 Å². The molecule has 1 heterocycles. The van der Waals surface area contributed by atoms with Crippen molar-refractivity contribution in [1.82, 2.24) is 0 Å². The first kappa shape index (κ1) is 17.6. The van der Waals surface area contributed by atoms with Crippen LogP contribution in [-0.2, 0) is 0 Å². The van der Waals surface area contributed by atoms with Gasteiger partial charge in [-0.15, -0.1) is 0 Å². The largest absolute Gasteiger partial charge is 0.232 e. The molecule has 0 N–H and O–H groups in total. The maximum Gasteiger partial charge on any atom is 0.135 e. The molecule has 1 aliphatic heterocycles. The van der Waals surface area contributed by atoms with Crippen molar-refractivity contribution in [2.75, 3.05) is 0 Å². The first-order chi connectivity index (χ1) is 11.8. The van der Waals surface area contributed by atoms with E-state index in [-0.39, 0.29) is 5.41 Å². The third-order valence-electron chi connectivity index (χ3n) is 4.12. The van der Waals surface area contributed by atoms with Crippen molar-refractivity contribution >= 4 is 34.4 Å². The fourth-order valence-electron chi connectivity index (χ4n) is 2.90. The van der Waals surface area contributed by atoms with Crippen LogP contribution in [0.3, 0.4) is 0 Å². The zero-order valence-electron chi connectivity index (χ0n) is 15.4. The van der Waals surface area contributed by atoms with Gasteiger partial charge in [0.15, 0.2) is 0 Å². The van der Waals surface area contributed by atoms with Gasteiger partial charge in [0.2, 0.25) is 0 Å². The lowest BCUT2D eigenvalue weighted by Crippen LogP contribution is -2.20. The molecule has 0 fully saturated rings. The Morgan fingerprint density at radius 3 is 2.28 bits per heavy atom. The number of rotatable bonds is 1. The Hall–Kier alpha value is -2.19. The summed E-state index contributed by atoms with van der Waals surface area (Å²) < 4.78 is 0. The summed E-state index contributed by atoms with van der Waals surface area (Å²) in [6.07, 6.45) is 0. The number of fused-ring (bicyclic) bond motifs is 1. The molecule has 0 saturated carbocycles. The smallest absolute Gasteiger partial charge is 0.135 e. The molecule has 3 rings (SSSR count). The van der Waals surface area contributed by atoms with Gasteiger partial charge >= 0.3 is 0 Å². The second-order valence-corrected chi connectivity index (χ2v) is 7.98. The normalized spacial score (nSPS) is 14.4.